The molecule has 0 atom stereocenters. The zero-order valence-corrected chi connectivity index (χ0v) is 7.17. The molecule has 4 nitrogen and oxygen atoms in total. The van der Waals surface area contributed by atoms with Crippen LogP contribution in [0.1, 0.15) is 0 Å². The van der Waals surface area contributed by atoms with Crippen molar-refractivity contribution in [2.24, 2.45) is 5.18 Å². The molecule has 0 saturated carbocycles. The Labute approximate surface area is 76.0 Å². The molecule has 1 aliphatic heterocycles. The smallest absolute Gasteiger partial charge is 0.252 e. The Kier molecular flexibility index (Phi) is 2.74. The molecule has 13 heavy (non-hydrogen) atoms. The molecule has 0 radical (unpaired) electrons. The monoisotopic (exact) mass is 178 g/mol. The Hall–Kier alpha value is -1.71. The van der Waals surface area contributed by atoms with Crippen molar-refractivity contribution in [2.75, 3.05) is 13.1 Å². The molecular formula is C9H10N2O2. The van der Waals surface area contributed by atoms with Crippen LogP contribution in [0.5, 0.6) is 0 Å². The summed E-state index contributed by atoms with van der Waals surface area (Å²) in [4.78, 5) is 21.2. The van der Waals surface area contributed by atoms with Crippen molar-refractivity contribution in [1.29, 1.82) is 0 Å². The molecule has 0 bridgehead atoms. The topological polar surface area (TPSA) is 58.5 Å². The average Bonchev–Trinajstić information content (AvgIpc) is 2.47. The van der Waals surface area contributed by atoms with Gasteiger partial charge in [0.1, 0.15) is 6.54 Å². The zero-order chi connectivity index (χ0) is 9.84. The first-order valence-electron chi connectivity index (χ1n) is 3.81. The first-order valence-corrected chi connectivity index (χ1v) is 3.81. The van der Waals surface area contributed by atoms with Crippen molar-refractivity contribution in [2.45, 2.75) is 0 Å². The maximum Gasteiger partial charge on any atom is 0.252 e. The second-order valence-electron chi connectivity index (χ2n) is 2.68. The Morgan fingerprint density at radius 2 is 2.38 bits per heavy atom. The highest BCUT2D eigenvalue weighted by Crippen LogP contribution is 2.19. The standard InChI is InChI=1S/C9H10N2O2/c1-3-7-5-10-9(12)8(7)6(2)4-11-13/h3H,1-2,4-5H2,(H,10,12). The lowest BCUT2D eigenvalue weighted by Crippen LogP contribution is -2.18. The van der Waals surface area contributed by atoms with E-state index in [0.29, 0.717) is 17.7 Å². The van der Waals surface area contributed by atoms with E-state index in [1.54, 1.807) is 6.08 Å². The maximum atomic E-state index is 11.2. The molecule has 0 spiro atoms. The summed E-state index contributed by atoms with van der Waals surface area (Å²) in [5, 5.41) is 5.31. The highest BCUT2D eigenvalue weighted by molar-refractivity contribution is 6.01. The minimum Gasteiger partial charge on any atom is -0.348 e. The Bertz CT molecular complexity index is 316. The minimum atomic E-state index is -0.205. The predicted octanol–water partition coefficient (Wildman–Crippen LogP) is 0.921. The van der Waals surface area contributed by atoms with Crippen LogP contribution in [0.3, 0.4) is 0 Å². The van der Waals surface area contributed by atoms with Gasteiger partial charge in [0.2, 0.25) is 0 Å². The summed E-state index contributed by atoms with van der Waals surface area (Å²) in [6, 6.07) is 0. The fraction of sp³-hybridized carbons (Fsp3) is 0.222. The predicted molar refractivity (Wildman–Crippen MR) is 50.0 cm³/mol. The zero-order valence-electron chi connectivity index (χ0n) is 7.17. The van der Waals surface area contributed by atoms with Gasteiger partial charge in [-0.05, 0) is 11.1 Å². The van der Waals surface area contributed by atoms with E-state index < -0.39 is 0 Å². The van der Waals surface area contributed by atoms with Crippen LogP contribution in [0.4, 0.5) is 0 Å². The number of hydrogen-bond acceptors (Lipinski definition) is 3. The Morgan fingerprint density at radius 3 is 2.92 bits per heavy atom. The molecule has 1 N–H and O–H groups in total. The molecule has 0 fully saturated rings. The quantitative estimate of drug-likeness (QED) is 0.651. The van der Waals surface area contributed by atoms with Gasteiger partial charge in [-0.15, -0.1) is 0 Å². The summed E-state index contributed by atoms with van der Waals surface area (Å²) >= 11 is 0. The molecule has 1 rings (SSSR count). The maximum absolute atomic E-state index is 11.2. The van der Waals surface area contributed by atoms with E-state index in [1.165, 1.54) is 0 Å². The van der Waals surface area contributed by atoms with Crippen LogP contribution >= 0.6 is 0 Å². The van der Waals surface area contributed by atoms with Crippen molar-refractivity contribution in [3.05, 3.63) is 40.9 Å². The van der Waals surface area contributed by atoms with Gasteiger partial charge in [0, 0.05) is 12.1 Å². The number of amides is 1. The lowest BCUT2D eigenvalue weighted by atomic mass is 10.0. The first-order chi connectivity index (χ1) is 6.20. The van der Waals surface area contributed by atoms with Crippen LogP contribution in [0.2, 0.25) is 0 Å². The van der Waals surface area contributed by atoms with Gasteiger partial charge in [0.05, 0.1) is 0 Å². The highest BCUT2D eigenvalue weighted by Gasteiger charge is 2.22. The van der Waals surface area contributed by atoms with Crippen molar-refractivity contribution < 1.29 is 4.79 Å². The van der Waals surface area contributed by atoms with Gasteiger partial charge in [-0.25, -0.2) is 0 Å². The van der Waals surface area contributed by atoms with E-state index in [9.17, 15) is 9.70 Å². The van der Waals surface area contributed by atoms with Crippen LogP contribution < -0.4 is 5.32 Å². The van der Waals surface area contributed by atoms with E-state index in [2.05, 4.69) is 23.7 Å². The van der Waals surface area contributed by atoms with E-state index in [4.69, 9.17) is 0 Å². The second kappa shape index (κ2) is 3.80. The van der Waals surface area contributed by atoms with Crippen LogP contribution in [-0.2, 0) is 4.79 Å². The number of nitrogens with zero attached hydrogens (tertiary/aromatic N) is 1. The average molecular weight is 178 g/mol. The number of nitrogens with one attached hydrogen (secondary N) is 1. The van der Waals surface area contributed by atoms with Crippen LogP contribution in [-0.4, -0.2) is 19.0 Å². The van der Waals surface area contributed by atoms with E-state index >= 15 is 0 Å². The minimum absolute atomic E-state index is 0.0555. The van der Waals surface area contributed by atoms with Gasteiger partial charge in [-0.1, -0.05) is 24.4 Å². The molecule has 0 unspecified atom stereocenters. The van der Waals surface area contributed by atoms with Gasteiger partial charge in [0.15, 0.2) is 0 Å². The summed E-state index contributed by atoms with van der Waals surface area (Å²) < 4.78 is 0. The summed E-state index contributed by atoms with van der Waals surface area (Å²) in [6.45, 7) is 7.58. The number of rotatable bonds is 4. The number of carbonyl (C=O) groups excluding carboxylic acids is 1. The molecule has 1 aliphatic rings. The van der Waals surface area contributed by atoms with Gasteiger partial charge in [-0.3, -0.25) is 4.79 Å². The fourth-order valence-electron chi connectivity index (χ4n) is 1.22. The van der Waals surface area contributed by atoms with Gasteiger partial charge in [0.25, 0.3) is 5.91 Å². The molecule has 0 aromatic rings. The van der Waals surface area contributed by atoms with E-state index in [0.717, 1.165) is 5.57 Å². The molecule has 0 saturated heterocycles. The lowest BCUT2D eigenvalue weighted by Gasteiger charge is -2.00. The first kappa shape index (κ1) is 9.38. The molecule has 1 heterocycles. The fourth-order valence-corrected chi connectivity index (χ4v) is 1.22. The number of carbonyl (C=O) groups is 1. The van der Waals surface area contributed by atoms with Crippen molar-refractivity contribution >= 4 is 5.91 Å². The Balaban J connectivity index is 2.97. The largest absolute Gasteiger partial charge is 0.348 e. The van der Waals surface area contributed by atoms with Gasteiger partial charge < -0.3 is 5.32 Å². The third-order valence-corrected chi connectivity index (χ3v) is 1.84. The van der Waals surface area contributed by atoms with Crippen LogP contribution in [0.25, 0.3) is 0 Å². The van der Waals surface area contributed by atoms with Crippen LogP contribution in [0.15, 0.2) is 41.1 Å². The van der Waals surface area contributed by atoms with Crippen molar-refractivity contribution in [3.8, 4) is 0 Å². The normalized spacial score (nSPS) is 15.5. The van der Waals surface area contributed by atoms with E-state index in [-0.39, 0.29) is 12.5 Å². The molecule has 0 aromatic heterocycles. The summed E-state index contributed by atoms with van der Waals surface area (Å²) in [6.07, 6.45) is 1.59. The SMILES string of the molecule is C=CC1=C(C(=C)CN=O)C(=O)NC1. The number of nitroso groups, excluding NO2 is 1. The van der Waals surface area contributed by atoms with Crippen LogP contribution in [0, 0.1) is 4.91 Å². The third kappa shape index (κ3) is 1.72. The third-order valence-electron chi connectivity index (χ3n) is 1.84. The summed E-state index contributed by atoms with van der Waals surface area (Å²) in [5.74, 6) is -0.205. The van der Waals surface area contributed by atoms with E-state index in [1.807, 2.05) is 0 Å². The molecule has 68 valence electrons. The molecule has 0 aliphatic carbocycles. The summed E-state index contributed by atoms with van der Waals surface area (Å²) in [7, 11) is 0. The Morgan fingerprint density at radius 1 is 1.69 bits per heavy atom. The van der Waals surface area contributed by atoms with Gasteiger partial charge >= 0.3 is 0 Å². The van der Waals surface area contributed by atoms with Gasteiger partial charge in [-0.2, -0.15) is 4.91 Å². The molecule has 0 aromatic carbocycles. The number of hydrogen-bond donors (Lipinski definition) is 1. The summed E-state index contributed by atoms with van der Waals surface area (Å²) in [5.41, 5.74) is 1.67. The highest BCUT2D eigenvalue weighted by atomic mass is 16.3. The molecule has 1 amide bonds. The second-order valence-corrected chi connectivity index (χ2v) is 2.68. The lowest BCUT2D eigenvalue weighted by molar-refractivity contribution is -0.116. The molecular weight excluding hydrogens is 168 g/mol. The van der Waals surface area contributed by atoms with Crippen molar-refractivity contribution in [1.82, 2.24) is 5.32 Å². The van der Waals surface area contributed by atoms with Crippen molar-refractivity contribution in [3.63, 3.8) is 0 Å². The molecule has 4 heteroatoms.